The van der Waals surface area contributed by atoms with E-state index >= 15 is 0 Å². The van der Waals surface area contributed by atoms with E-state index in [0.717, 1.165) is 12.8 Å². The molecule has 2 aromatic rings. The van der Waals surface area contributed by atoms with Crippen LogP contribution in [0, 0.1) is 0 Å². The molecule has 0 amide bonds. The van der Waals surface area contributed by atoms with Crippen LogP contribution in [0.2, 0.25) is 0 Å². The highest BCUT2D eigenvalue weighted by Gasteiger charge is 2.18. The minimum atomic E-state index is -0.768. The maximum Gasteiger partial charge on any atom is 0.323 e. The van der Waals surface area contributed by atoms with Gasteiger partial charge in [-0.05, 0) is 38.7 Å². The van der Waals surface area contributed by atoms with Crippen LogP contribution in [0.3, 0.4) is 0 Å². The topological polar surface area (TPSA) is 98.0 Å². The van der Waals surface area contributed by atoms with E-state index in [1.54, 1.807) is 25.4 Å². The van der Waals surface area contributed by atoms with E-state index in [1.165, 1.54) is 23.9 Å². The lowest BCUT2D eigenvalue weighted by molar-refractivity contribution is 0.141. The second-order valence-corrected chi connectivity index (χ2v) is 5.39. The van der Waals surface area contributed by atoms with Crippen molar-refractivity contribution >= 4 is 5.95 Å². The van der Waals surface area contributed by atoms with Crippen molar-refractivity contribution in [1.82, 2.24) is 24.7 Å². The zero-order valence-electron chi connectivity index (χ0n) is 12.5. The number of nitrogens with zero attached hydrogens (tertiary/aromatic N) is 5. The van der Waals surface area contributed by atoms with Crippen LogP contribution in [0.1, 0.15) is 39.0 Å². The lowest BCUT2D eigenvalue weighted by Crippen LogP contribution is -2.23. The summed E-state index contributed by atoms with van der Waals surface area (Å²) in [6.45, 7) is 1.60. The lowest BCUT2D eigenvalue weighted by Gasteiger charge is -2.22. The molecule has 1 saturated carbocycles. The standard InChI is InChI=1S/C14H20N6O2/c1-10(21)16-12-17-13(20-9-5-8-15-20)19-14(18-12)22-11-6-3-2-4-7-11/h5,8-11,21H,2-4,6-7H2,1H3,(H,16,17,18,19). The van der Waals surface area contributed by atoms with Crippen LogP contribution in [-0.2, 0) is 0 Å². The molecule has 118 valence electrons. The molecule has 0 aliphatic heterocycles. The number of aliphatic hydroxyl groups is 1. The van der Waals surface area contributed by atoms with Gasteiger partial charge in [-0.1, -0.05) is 6.42 Å². The van der Waals surface area contributed by atoms with Crippen molar-refractivity contribution in [2.45, 2.75) is 51.4 Å². The average molecular weight is 304 g/mol. The fourth-order valence-corrected chi connectivity index (χ4v) is 2.47. The van der Waals surface area contributed by atoms with Crippen molar-refractivity contribution in [2.75, 3.05) is 5.32 Å². The van der Waals surface area contributed by atoms with E-state index in [4.69, 9.17) is 4.74 Å². The van der Waals surface area contributed by atoms with E-state index in [0.29, 0.717) is 5.95 Å². The summed E-state index contributed by atoms with van der Waals surface area (Å²) in [7, 11) is 0. The summed E-state index contributed by atoms with van der Waals surface area (Å²) < 4.78 is 7.42. The van der Waals surface area contributed by atoms with E-state index < -0.39 is 6.23 Å². The average Bonchev–Trinajstić information content (AvgIpc) is 3.01. The predicted molar refractivity (Wildman–Crippen MR) is 79.8 cm³/mol. The van der Waals surface area contributed by atoms with Gasteiger partial charge in [0.05, 0.1) is 0 Å². The van der Waals surface area contributed by atoms with Crippen molar-refractivity contribution in [2.24, 2.45) is 0 Å². The highest BCUT2D eigenvalue weighted by molar-refractivity contribution is 5.30. The second kappa shape index (κ2) is 6.69. The fraction of sp³-hybridized carbons (Fsp3) is 0.571. The molecule has 2 heterocycles. The Labute approximate surface area is 128 Å². The summed E-state index contributed by atoms with van der Waals surface area (Å²) >= 11 is 0. The fourth-order valence-electron chi connectivity index (χ4n) is 2.47. The Kier molecular flexibility index (Phi) is 4.47. The molecule has 0 saturated heterocycles. The molecule has 1 unspecified atom stereocenters. The SMILES string of the molecule is CC(O)Nc1nc(OC2CCCCC2)nc(-n2cccn2)n1. The zero-order valence-corrected chi connectivity index (χ0v) is 12.5. The summed E-state index contributed by atoms with van der Waals surface area (Å²) in [6.07, 6.45) is 8.38. The Morgan fingerprint density at radius 1 is 1.27 bits per heavy atom. The van der Waals surface area contributed by atoms with Gasteiger partial charge >= 0.3 is 6.01 Å². The van der Waals surface area contributed by atoms with Crippen LogP contribution in [-0.4, -0.2) is 42.2 Å². The molecule has 0 bridgehead atoms. The summed E-state index contributed by atoms with van der Waals surface area (Å²) in [6, 6.07) is 2.04. The first-order valence-corrected chi connectivity index (χ1v) is 7.58. The Bertz CT molecular complexity index is 595. The Hall–Kier alpha value is -2.22. The number of hydrogen-bond donors (Lipinski definition) is 2. The van der Waals surface area contributed by atoms with Gasteiger partial charge in [-0.15, -0.1) is 0 Å². The van der Waals surface area contributed by atoms with Crippen LogP contribution in [0.5, 0.6) is 6.01 Å². The monoisotopic (exact) mass is 304 g/mol. The normalized spacial score (nSPS) is 17.2. The lowest BCUT2D eigenvalue weighted by atomic mass is 9.98. The molecule has 3 rings (SSSR count). The molecule has 2 N–H and O–H groups in total. The molecular formula is C14H20N6O2. The van der Waals surface area contributed by atoms with Crippen LogP contribution in [0.4, 0.5) is 5.95 Å². The molecule has 0 spiro atoms. The Morgan fingerprint density at radius 2 is 2.09 bits per heavy atom. The number of hydrogen-bond acceptors (Lipinski definition) is 7. The summed E-state index contributed by atoms with van der Waals surface area (Å²) in [5.41, 5.74) is 0. The van der Waals surface area contributed by atoms with E-state index in [2.05, 4.69) is 25.4 Å². The van der Waals surface area contributed by atoms with Crippen LogP contribution in [0.25, 0.3) is 5.95 Å². The quantitative estimate of drug-likeness (QED) is 0.808. The minimum absolute atomic E-state index is 0.140. The molecule has 1 atom stereocenters. The molecule has 0 radical (unpaired) electrons. The van der Waals surface area contributed by atoms with Gasteiger partial charge in [0.15, 0.2) is 0 Å². The second-order valence-electron chi connectivity index (χ2n) is 5.39. The summed E-state index contributed by atoms with van der Waals surface area (Å²) in [5.74, 6) is 0.621. The molecule has 1 aliphatic carbocycles. The molecule has 8 heteroatoms. The number of anilines is 1. The van der Waals surface area contributed by atoms with E-state index in [9.17, 15) is 5.11 Å². The molecule has 2 aromatic heterocycles. The number of ether oxygens (including phenoxy) is 1. The van der Waals surface area contributed by atoms with E-state index in [1.807, 2.05) is 0 Å². The van der Waals surface area contributed by atoms with Crippen molar-refractivity contribution in [3.05, 3.63) is 18.5 Å². The van der Waals surface area contributed by atoms with Gasteiger partial charge in [0.2, 0.25) is 5.95 Å². The van der Waals surface area contributed by atoms with Gasteiger partial charge in [-0.2, -0.15) is 20.1 Å². The van der Waals surface area contributed by atoms with Crippen LogP contribution < -0.4 is 10.1 Å². The molecule has 1 fully saturated rings. The van der Waals surface area contributed by atoms with E-state index in [-0.39, 0.29) is 18.1 Å². The number of aromatic nitrogens is 5. The Morgan fingerprint density at radius 3 is 2.77 bits per heavy atom. The highest BCUT2D eigenvalue weighted by Crippen LogP contribution is 2.22. The van der Waals surface area contributed by atoms with Crippen molar-refractivity contribution in [3.8, 4) is 12.0 Å². The predicted octanol–water partition coefficient (Wildman–Crippen LogP) is 1.52. The third-order valence-electron chi connectivity index (χ3n) is 3.47. The maximum absolute atomic E-state index is 9.46. The number of nitrogens with one attached hydrogen (secondary N) is 1. The maximum atomic E-state index is 9.46. The first-order chi connectivity index (χ1) is 10.7. The molecule has 1 aliphatic rings. The highest BCUT2D eigenvalue weighted by atomic mass is 16.5. The van der Waals surface area contributed by atoms with Gasteiger partial charge in [-0.25, -0.2) is 4.68 Å². The smallest absolute Gasteiger partial charge is 0.323 e. The first-order valence-electron chi connectivity index (χ1n) is 7.58. The Balaban J connectivity index is 1.85. The molecular weight excluding hydrogens is 284 g/mol. The van der Waals surface area contributed by atoms with Crippen LogP contribution in [0.15, 0.2) is 18.5 Å². The number of rotatable bonds is 5. The molecule has 0 aromatic carbocycles. The van der Waals surface area contributed by atoms with Crippen molar-refractivity contribution in [1.29, 1.82) is 0 Å². The van der Waals surface area contributed by atoms with Crippen molar-refractivity contribution < 1.29 is 9.84 Å². The zero-order chi connectivity index (χ0) is 15.4. The van der Waals surface area contributed by atoms with Gasteiger partial charge in [-0.3, -0.25) is 0 Å². The van der Waals surface area contributed by atoms with Gasteiger partial charge < -0.3 is 15.2 Å². The summed E-state index contributed by atoms with van der Waals surface area (Å²) in [4.78, 5) is 12.8. The van der Waals surface area contributed by atoms with Gasteiger partial charge in [0.1, 0.15) is 12.3 Å². The minimum Gasteiger partial charge on any atom is -0.460 e. The van der Waals surface area contributed by atoms with Gasteiger partial charge in [0.25, 0.3) is 5.95 Å². The summed E-state index contributed by atoms with van der Waals surface area (Å²) in [5, 5.41) is 16.3. The van der Waals surface area contributed by atoms with Crippen LogP contribution >= 0.6 is 0 Å². The third-order valence-corrected chi connectivity index (χ3v) is 3.47. The third kappa shape index (κ3) is 3.70. The van der Waals surface area contributed by atoms with Crippen molar-refractivity contribution in [3.63, 3.8) is 0 Å². The first kappa shape index (κ1) is 14.7. The van der Waals surface area contributed by atoms with Gasteiger partial charge in [0, 0.05) is 12.4 Å². The largest absolute Gasteiger partial charge is 0.460 e. The molecule has 8 nitrogen and oxygen atoms in total. The molecule has 22 heavy (non-hydrogen) atoms. The number of aliphatic hydroxyl groups excluding tert-OH is 1.